The molecular formula is C17H29NO. The average Bonchev–Trinajstić information content (AvgIpc) is 2.41. The van der Waals surface area contributed by atoms with E-state index in [4.69, 9.17) is 4.74 Å². The first-order valence-electron chi connectivity index (χ1n) is 7.53. The molecule has 2 heteroatoms. The fourth-order valence-electron chi connectivity index (χ4n) is 2.57. The summed E-state index contributed by atoms with van der Waals surface area (Å²) in [6.07, 6.45) is 5.02. The Kier molecular flexibility index (Phi) is 6.93. The second kappa shape index (κ2) is 8.21. The third-order valence-corrected chi connectivity index (χ3v) is 3.83. The average molecular weight is 263 g/mol. The summed E-state index contributed by atoms with van der Waals surface area (Å²) < 4.78 is 5.65. The van der Waals surface area contributed by atoms with Gasteiger partial charge < -0.3 is 10.1 Å². The first kappa shape index (κ1) is 16.0. The van der Waals surface area contributed by atoms with Gasteiger partial charge in [-0.05, 0) is 37.9 Å². The van der Waals surface area contributed by atoms with Crippen LogP contribution in [0.25, 0.3) is 0 Å². The molecule has 0 bridgehead atoms. The molecule has 1 aromatic rings. The number of hydrogen-bond acceptors (Lipinski definition) is 2. The maximum Gasteiger partial charge on any atom is 0.126 e. The van der Waals surface area contributed by atoms with Crippen molar-refractivity contribution in [3.63, 3.8) is 0 Å². The van der Waals surface area contributed by atoms with Crippen molar-refractivity contribution < 1.29 is 4.74 Å². The molecule has 1 rings (SSSR count). The largest absolute Gasteiger partial charge is 0.496 e. The summed E-state index contributed by atoms with van der Waals surface area (Å²) >= 11 is 0. The molecule has 0 aliphatic rings. The molecule has 108 valence electrons. The Morgan fingerprint density at radius 3 is 2.47 bits per heavy atom. The summed E-state index contributed by atoms with van der Waals surface area (Å²) in [7, 11) is 1.78. The molecule has 1 unspecified atom stereocenters. The van der Waals surface area contributed by atoms with Gasteiger partial charge in [0, 0.05) is 11.6 Å². The van der Waals surface area contributed by atoms with Crippen molar-refractivity contribution in [2.45, 2.75) is 59.4 Å². The first-order chi connectivity index (χ1) is 9.15. The molecule has 0 radical (unpaired) electrons. The van der Waals surface area contributed by atoms with Crippen LogP contribution >= 0.6 is 0 Å². The van der Waals surface area contributed by atoms with E-state index in [1.165, 1.54) is 42.4 Å². The van der Waals surface area contributed by atoms with Crippen molar-refractivity contribution in [1.29, 1.82) is 0 Å². The lowest BCUT2D eigenvalue weighted by molar-refractivity contribution is 0.390. The van der Waals surface area contributed by atoms with Crippen molar-refractivity contribution in [3.05, 3.63) is 28.8 Å². The minimum absolute atomic E-state index is 0.408. The highest BCUT2D eigenvalue weighted by Crippen LogP contribution is 2.33. The van der Waals surface area contributed by atoms with E-state index < -0.39 is 0 Å². The highest BCUT2D eigenvalue weighted by Gasteiger charge is 2.17. The van der Waals surface area contributed by atoms with E-state index in [2.05, 4.69) is 45.1 Å². The Bertz CT molecular complexity index is 387. The normalized spacial score (nSPS) is 12.5. The van der Waals surface area contributed by atoms with E-state index in [1.54, 1.807) is 7.11 Å². The van der Waals surface area contributed by atoms with Gasteiger partial charge in [0.25, 0.3) is 0 Å². The molecule has 0 amide bonds. The van der Waals surface area contributed by atoms with Gasteiger partial charge in [0.15, 0.2) is 0 Å². The van der Waals surface area contributed by atoms with Crippen molar-refractivity contribution >= 4 is 0 Å². The second-order valence-corrected chi connectivity index (χ2v) is 5.24. The standard InChI is InChI=1S/C17H29NO/c1-6-8-9-10-16(18-7-2)15-12-11-13(3)14(4)17(15)19-5/h11-12,16,18H,6-10H2,1-5H3. The van der Waals surface area contributed by atoms with Gasteiger partial charge in [-0.2, -0.15) is 0 Å². The number of methoxy groups -OCH3 is 1. The van der Waals surface area contributed by atoms with Crippen LogP contribution in [0.1, 0.15) is 62.3 Å². The van der Waals surface area contributed by atoms with Gasteiger partial charge in [-0.1, -0.05) is 45.2 Å². The highest BCUT2D eigenvalue weighted by atomic mass is 16.5. The lowest BCUT2D eigenvalue weighted by Gasteiger charge is -2.22. The summed E-state index contributed by atoms with van der Waals surface area (Å²) in [5.41, 5.74) is 3.87. The minimum Gasteiger partial charge on any atom is -0.496 e. The smallest absolute Gasteiger partial charge is 0.126 e. The van der Waals surface area contributed by atoms with Crippen molar-refractivity contribution in [1.82, 2.24) is 5.32 Å². The summed E-state index contributed by atoms with van der Waals surface area (Å²) in [4.78, 5) is 0. The summed E-state index contributed by atoms with van der Waals surface area (Å²) in [6, 6.07) is 4.84. The lowest BCUT2D eigenvalue weighted by atomic mass is 9.95. The lowest BCUT2D eigenvalue weighted by Crippen LogP contribution is -2.21. The van der Waals surface area contributed by atoms with Gasteiger partial charge in [-0.15, -0.1) is 0 Å². The molecule has 0 fully saturated rings. The minimum atomic E-state index is 0.408. The molecule has 0 saturated carbocycles. The second-order valence-electron chi connectivity index (χ2n) is 5.24. The van der Waals surface area contributed by atoms with Crippen molar-refractivity contribution in [2.75, 3.05) is 13.7 Å². The monoisotopic (exact) mass is 263 g/mol. The number of benzene rings is 1. The van der Waals surface area contributed by atoms with Crippen LogP contribution in [0.4, 0.5) is 0 Å². The number of ether oxygens (including phenoxy) is 1. The molecule has 0 heterocycles. The maximum atomic E-state index is 5.65. The number of aryl methyl sites for hydroxylation is 1. The van der Waals surface area contributed by atoms with Gasteiger partial charge in [0.1, 0.15) is 5.75 Å². The number of hydrogen-bond donors (Lipinski definition) is 1. The molecule has 19 heavy (non-hydrogen) atoms. The number of nitrogens with one attached hydrogen (secondary N) is 1. The van der Waals surface area contributed by atoms with Gasteiger partial charge in [-0.3, -0.25) is 0 Å². The van der Waals surface area contributed by atoms with E-state index in [-0.39, 0.29) is 0 Å². The quantitative estimate of drug-likeness (QED) is 0.695. The zero-order chi connectivity index (χ0) is 14.3. The molecular weight excluding hydrogens is 234 g/mol. The molecule has 0 aromatic heterocycles. The number of unbranched alkanes of at least 4 members (excludes halogenated alkanes) is 2. The Morgan fingerprint density at radius 2 is 1.89 bits per heavy atom. The maximum absolute atomic E-state index is 5.65. The molecule has 0 aliphatic carbocycles. The van der Waals surface area contributed by atoms with Crippen LogP contribution in [0, 0.1) is 13.8 Å². The van der Waals surface area contributed by atoms with Crippen LogP contribution in [-0.4, -0.2) is 13.7 Å². The van der Waals surface area contributed by atoms with E-state index in [0.717, 1.165) is 12.3 Å². The van der Waals surface area contributed by atoms with E-state index in [9.17, 15) is 0 Å². The van der Waals surface area contributed by atoms with Gasteiger partial charge in [-0.25, -0.2) is 0 Å². The van der Waals surface area contributed by atoms with Crippen LogP contribution in [0.15, 0.2) is 12.1 Å². The van der Waals surface area contributed by atoms with Crippen molar-refractivity contribution in [3.8, 4) is 5.75 Å². The van der Waals surface area contributed by atoms with Gasteiger partial charge in [0.2, 0.25) is 0 Å². The van der Waals surface area contributed by atoms with Crippen LogP contribution in [0.3, 0.4) is 0 Å². The zero-order valence-electron chi connectivity index (χ0n) is 13.2. The summed E-state index contributed by atoms with van der Waals surface area (Å²) in [6.45, 7) is 9.69. The zero-order valence-corrected chi connectivity index (χ0v) is 13.2. The predicted octanol–water partition coefficient (Wildman–Crippen LogP) is 4.54. The van der Waals surface area contributed by atoms with Crippen LogP contribution < -0.4 is 10.1 Å². The Balaban J connectivity index is 2.97. The van der Waals surface area contributed by atoms with Crippen LogP contribution in [0.2, 0.25) is 0 Å². The molecule has 1 aromatic carbocycles. The highest BCUT2D eigenvalue weighted by molar-refractivity contribution is 5.46. The molecule has 0 aliphatic heterocycles. The predicted molar refractivity (Wildman–Crippen MR) is 83.0 cm³/mol. The van der Waals surface area contributed by atoms with E-state index in [1.807, 2.05) is 0 Å². The van der Waals surface area contributed by atoms with Crippen LogP contribution in [0.5, 0.6) is 5.75 Å². The molecule has 1 atom stereocenters. The third-order valence-electron chi connectivity index (χ3n) is 3.83. The fraction of sp³-hybridized carbons (Fsp3) is 0.647. The molecule has 0 saturated heterocycles. The van der Waals surface area contributed by atoms with Gasteiger partial charge >= 0.3 is 0 Å². The molecule has 0 spiro atoms. The first-order valence-corrected chi connectivity index (χ1v) is 7.53. The molecule has 1 N–H and O–H groups in total. The summed E-state index contributed by atoms with van der Waals surface area (Å²) in [5, 5.41) is 3.60. The SMILES string of the molecule is CCCCCC(NCC)c1ccc(C)c(C)c1OC. The van der Waals surface area contributed by atoms with E-state index >= 15 is 0 Å². The Hall–Kier alpha value is -1.02. The topological polar surface area (TPSA) is 21.3 Å². The Labute approximate surface area is 118 Å². The molecule has 2 nitrogen and oxygen atoms in total. The number of rotatable bonds is 8. The summed E-state index contributed by atoms with van der Waals surface area (Å²) in [5.74, 6) is 1.06. The van der Waals surface area contributed by atoms with E-state index in [0.29, 0.717) is 6.04 Å². The third kappa shape index (κ3) is 4.24. The van der Waals surface area contributed by atoms with Crippen LogP contribution in [-0.2, 0) is 0 Å². The Morgan fingerprint density at radius 1 is 1.16 bits per heavy atom. The fourth-order valence-corrected chi connectivity index (χ4v) is 2.57. The van der Waals surface area contributed by atoms with Crippen molar-refractivity contribution in [2.24, 2.45) is 0 Å². The van der Waals surface area contributed by atoms with Gasteiger partial charge in [0.05, 0.1) is 7.11 Å².